The number of ether oxygens (including phenoxy) is 1. The molecular formula is C20H19BrN4O2. The SMILES string of the molecule is CCc1c(C(=O)NC2CCOc3ccc(Br)cc32)cnn1-c1ccccn1. The van der Waals surface area contributed by atoms with E-state index in [2.05, 4.69) is 31.3 Å². The number of hydrogen-bond donors (Lipinski definition) is 1. The van der Waals surface area contributed by atoms with Crippen LogP contribution in [0.4, 0.5) is 0 Å². The second-order valence-corrected chi connectivity index (χ2v) is 7.22. The normalized spacial score (nSPS) is 15.7. The lowest BCUT2D eigenvalue weighted by molar-refractivity contribution is 0.0924. The van der Waals surface area contributed by atoms with E-state index in [4.69, 9.17) is 4.74 Å². The van der Waals surface area contributed by atoms with Gasteiger partial charge in [0.2, 0.25) is 0 Å². The standard InChI is InChI=1S/C20H19BrN4O2/c1-2-17-15(12-23-25(17)19-5-3-4-9-22-19)20(26)24-16-8-10-27-18-7-6-13(21)11-14(16)18/h3-7,9,11-12,16H,2,8,10H2,1H3,(H,24,26). The number of benzene rings is 1. The molecule has 0 fully saturated rings. The molecule has 3 heterocycles. The van der Waals surface area contributed by atoms with Crippen molar-refractivity contribution in [3.63, 3.8) is 0 Å². The zero-order valence-corrected chi connectivity index (χ0v) is 16.4. The summed E-state index contributed by atoms with van der Waals surface area (Å²) in [4.78, 5) is 17.3. The number of nitrogens with zero attached hydrogens (tertiary/aromatic N) is 3. The van der Waals surface area contributed by atoms with Crippen molar-refractivity contribution >= 4 is 21.8 Å². The van der Waals surface area contributed by atoms with Crippen molar-refractivity contribution in [2.45, 2.75) is 25.8 Å². The number of carbonyl (C=O) groups is 1. The monoisotopic (exact) mass is 426 g/mol. The smallest absolute Gasteiger partial charge is 0.255 e. The van der Waals surface area contributed by atoms with Crippen LogP contribution in [-0.2, 0) is 6.42 Å². The van der Waals surface area contributed by atoms with Crippen LogP contribution in [0.3, 0.4) is 0 Å². The minimum absolute atomic E-state index is 0.0957. The molecule has 0 bridgehead atoms. The van der Waals surface area contributed by atoms with Crippen LogP contribution in [0.2, 0.25) is 0 Å². The third-order valence-corrected chi connectivity index (χ3v) is 5.12. The minimum Gasteiger partial charge on any atom is -0.493 e. The quantitative estimate of drug-likeness (QED) is 0.687. The Morgan fingerprint density at radius 1 is 1.37 bits per heavy atom. The number of aromatic nitrogens is 3. The van der Waals surface area contributed by atoms with Crippen LogP contribution in [0.1, 0.15) is 41.0 Å². The summed E-state index contributed by atoms with van der Waals surface area (Å²) in [5.41, 5.74) is 2.40. The first kappa shape index (κ1) is 17.7. The summed E-state index contributed by atoms with van der Waals surface area (Å²) in [5, 5.41) is 7.54. The van der Waals surface area contributed by atoms with Crippen LogP contribution in [0.15, 0.2) is 53.3 Å². The van der Waals surface area contributed by atoms with Gasteiger partial charge in [0.25, 0.3) is 5.91 Å². The largest absolute Gasteiger partial charge is 0.493 e. The summed E-state index contributed by atoms with van der Waals surface area (Å²) in [6, 6.07) is 11.4. The molecule has 1 unspecified atom stereocenters. The van der Waals surface area contributed by atoms with Crippen LogP contribution >= 0.6 is 15.9 Å². The second-order valence-electron chi connectivity index (χ2n) is 6.30. The number of amides is 1. The van der Waals surface area contributed by atoms with Gasteiger partial charge in [-0.05, 0) is 36.8 Å². The van der Waals surface area contributed by atoms with Crippen LogP contribution in [0.25, 0.3) is 5.82 Å². The zero-order chi connectivity index (χ0) is 18.8. The summed E-state index contributed by atoms with van der Waals surface area (Å²) < 4.78 is 8.39. The van der Waals surface area contributed by atoms with Gasteiger partial charge in [-0.15, -0.1) is 0 Å². The summed E-state index contributed by atoms with van der Waals surface area (Å²) in [7, 11) is 0. The van der Waals surface area contributed by atoms with Crippen molar-refractivity contribution in [1.29, 1.82) is 0 Å². The summed E-state index contributed by atoms with van der Waals surface area (Å²) in [6.07, 6.45) is 4.73. The highest BCUT2D eigenvalue weighted by Gasteiger charge is 2.26. The van der Waals surface area contributed by atoms with E-state index < -0.39 is 0 Å². The highest BCUT2D eigenvalue weighted by molar-refractivity contribution is 9.10. The number of nitrogens with one attached hydrogen (secondary N) is 1. The Balaban J connectivity index is 1.62. The molecule has 1 amide bonds. The fraction of sp³-hybridized carbons (Fsp3) is 0.250. The molecule has 4 rings (SSSR count). The molecule has 1 N–H and O–H groups in total. The molecule has 0 saturated carbocycles. The zero-order valence-electron chi connectivity index (χ0n) is 14.9. The van der Waals surface area contributed by atoms with E-state index >= 15 is 0 Å². The van der Waals surface area contributed by atoms with Crippen molar-refractivity contribution in [2.75, 3.05) is 6.61 Å². The molecule has 1 aliphatic heterocycles. The fourth-order valence-electron chi connectivity index (χ4n) is 3.33. The first-order valence-electron chi connectivity index (χ1n) is 8.88. The maximum atomic E-state index is 13.0. The van der Waals surface area contributed by atoms with Crippen molar-refractivity contribution in [3.8, 4) is 11.6 Å². The molecule has 3 aromatic rings. The molecule has 138 valence electrons. The fourth-order valence-corrected chi connectivity index (χ4v) is 3.71. The highest BCUT2D eigenvalue weighted by atomic mass is 79.9. The lowest BCUT2D eigenvalue weighted by Gasteiger charge is -2.27. The van der Waals surface area contributed by atoms with E-state index in [9.17, 15) is 4.79 Å². The Kier molecular flexibility index (Phi) is 4.94. The average Bonchev–Trinajstić information content (AvgIpc) is 3.13. The van der Waals surface area contributed by atoms with Gasteiger partial charge in [-0.1, -0.05) is 28.9 Å². The third-order valence-electron chi connectivity index (χ3n) is 4.63. The van der Waals surface area contributed by atoms with Gasteiger partial charge >= 0.3 is 0 Å². The first-order chi connectivity index (χ1) is 13.2. The maximum Gasteiger partial charge on any atom is 0.255 e. The van der Waals surface area contributed by atoms with Crippen LogP contribution in [0, 0.1) is 0 Å². The van der Waals surface area contributed by atoms with Crippen molar-refractivity contribution in [3.05, 3.63) is 70.1 Å². The highest BCUT2D eigenvalue weighted by Crippen LogP contribution is 2.34. The summed E-state index contributed by atoms with van der Waals surface area (Å²) >= 11 is 3.49. The van der Waals surface area contributed by atoms with Gasteiger partial charge in [0.15, 0.2) is 5.82 Å². The number of carbonyl (C=O) groups excluding carboxylic acids is 1. The topological polar surface area (TPSA) is 69.0 Å². The molecule has 0 aliphatic carbocycles. The van der Waals surface area contributed by atoms with Gasteiger partial charge in [0.05, 0.1) is 30.1 Å². The van der Waals surface area contributed by atoms with Gasteiger partial charge in [-0.3, -0.25) is 4.79 Å². The predicted molar refractivity (Wildman–Crippen MR) is 105 cm³/mol. The second kappa shape index (κ2) is 7.52. The minimum atomic E-state index is -0.133. The Hall–Kier alpha value is -2.67. The molecule has 27 heavy (non-hydrogen) atoms. The van der Waals surface area contributed by atoms with E-state index in [-0.39, 0.29) is 11.9 Å². The number of hydrogen-bond acceptors (Lipinski definition) is 4. The van der Waals surface area contributed by atoms with Gasteiger partial charge in [-0.2, -0.15) is 5.10 Å². The third kappa shape index (κ3) is 3.47. The number of rotatable bonds is 4. The maximum absolute atomic E-state index is 13.0. The number of pyridine rings is 1. The Labute approximate surface area is 165 Å². The molecule has 0 radical (unpaired) electrons. The van der Waals surface area contributed by atoms with E-state index in [0.29, 0.717) is 24.4 Å². The van der Waals surface area contributed by atoms with Crippen molar-refractivity contribution in [1.82, 2.24) is 20.1 Å². The lowest BCUT2D eigenvalue weighted by Crippen LogP contribution is -2.32. The molecule has 6 nitrogen and oxygen atoms in total. The molecule has 1 aliphatic rings. The lowest BCUT2D eigenvalue weighted by atomic mass is 10.00. The first-order valence-corrected chi connectivity index (χ1v) is 9.68. The molecule has 2 aromatic heterocycles. The summed E-state index contributed by atoms with van der Waals surface area (Å²) in [5.74, 6) is 1.38. The van der Waals surface area contributed by atoms with Crippen LogP contribution < -0.4 is 10.1 Å². The van der Waals surface area contributed by atoms with E-state index in [1.165, 1.54) is 0 Å². The van der Waals surface area contributed by atoms with Gasteiger partial charge < -0.3 is 10.1 Å². The Morgan fingerprint density at radius 3 is 3.04 bits per heavy atom. The molecular weight excluding hydrogens is 408 g/mol. The van der Waals surface area contributed by atoms with E-state index in [0.717, 1.165) is 27.9 Å². The van der Waals surface area contributed by atoms with Crippen LogP contribution in [-0.4, -0.2) is 27.3 Å². The predicted octanol–water partition coefficient (Wildman–Crippen LogP) is 3.85. The Bertz CT molecular complexity index is 971. The van der Waals surface area contributed by atoms with Gasteiger partial charge in [-0.25, -0.2) is 9.67 Å². The molecule has 1 aromatic carbocycles. The van der Waals surface area contributed by atoms with E-state index in [1.807, 2.05) is 43.3 Å². The van der Waals surface area contributed by atoms with Crippen molar-refractivity contribution < 1.29 is 9.53 Å². The molecule has 7 heteroatoms. The summed E-state index contributed by atoms with van der Waals surface area (Å²) in [6.45, 7) is 2.58. The van der Waals surface area contributed by atoms with E-state index in [1.54, 1.807) is 17.1 Å². The number of halogens is 1. The van der Waals surface area contributed by atoms with Crippen LogP contribution in [0.5, 0.6) is 5.75 Å². The van der Waals surface area contributed by atoms with Gasteiger partial charge in [0, 0.05) is 22.7 Å². The molecule has 0 saturated heterocycles. The number of fused-ring (bicyclic) bond motifs is 1. The average molecular weight is 427 g/mol. The Morgan fingerprint density at radius 2 is 2.26 bits per heavy atom. The molecule has 0 spiro atoms. The molecule has 1 atom stereocenters. The van der Waals surface area contributed by atoms with Crippen molar-refractivity contribution in [2.24, 2.45) is 0 Å². The van der Waals surface area contributed by atoms with Gasteiger partial charge in [0.1, 0.15) is 5.75 Å².